The number of methoxy groups -OCH3 is 1. The van der Waals surface area contributed by atoms with E-state index in [0.717, 1.165) is 25.3 Å². The fourth-order valence-corrected chi connectivity index (χ4v) is 2.99. The number of ether oxygens (including phenoxy) is 2. The summed E-state index contributed by atoms with van der Waals surface area (Å²) in [6, 6.07) is 8.04. The first-order valence-corrected chi connectivity index (χ1v) is 7.79. The lowest BCUT2D eigenvalue weighted by atomic mass is 9.95. The summed E-state index contributed by atoms with van der Waals surface area (Å²) in [6.45, 7) is 6.40. The van der Waals surface area contributed by atoms with Crippen molar-refractivity contribution in [2.24, 2.45) is 11.7 Å². The van der Waals surface area contributed by atoms with Crippen LogP contribution in [0, 0.1) is 5.92 Å². The van der Waals surface area contributed by atoms with Crippen LogP contribution in [-0.2, 0) is 16.1 Å². The highest BCUT2D eigenvalue weighted by atomic mass is 16.5. The molecule has 2 unspecified atom stereocenters. The third-order valence-corrected chi connectivity index (χ3v) is 4.01. The van der Waals surface area contributed by atoms with Gasteiger partial charge in [0.15, 0.2) is 6.10 Å². The summed E-state index contributed by atoms with van der Waals surface area (Å²) in [5.74, 6) is 0.944. The van der Waals surface area contributed by atoms with Crippen LogP contribution in [0.15, 0.2) is 24.3 Å². The number of benzene rings is 1. The van der Waals surface area contributed by atoms with Gasteiger partial charge in [-0.3, -0.25) is 9.69 Å². The number of amides is 1. The molecular formula is C17H26N2O3. The average Bonchev–Trinajstić information content (AvgIpc) is 2.48. The number of carbonyl (C=O) groups is 1. The second-order valence-electron chi connectivity index (χ2n) is 6.21. The number of hydrogen-bond acceptors (Lipinski definition) is 4. The van der Waals surface area contributed by atoms with Gasteiger partial charge in [0.1, 0.15) is 5.75 Å². The predicted molar refractivity (Wildman–Crippen MR) is 85.6 cm³/mol. The van der Waals surface area contributed by atoms with Gasteiger partial charge in [0, 0.05) is 19.1 Å². The van der Waals surface area contributed by atoms with Crippen LogP contribution in [0.5, 0.6) is 5.75 Å². The van der Waals surface area contributed by atoms with Crippen molar-refractivity contribution in [2.75, 3.05) is 20.3 Å². The Balaban J connectivity index is 2.16. The molecule has 1 aromatic carbocycles. The molecule has 2 N–H and O–H groups in total. The number of hydrogen-bond donors (Lipinski definition) is 1. The Morgan fingerprint density at radius 1 is 1.50 bits per heavy atom. The number of carbonyl (C=O) groups excluding carboxylic acids is 1. The van der Waals surface area contributed by atoms with Crippen LogP contribution in [0.25, 0.3) is 0 Å². The van der Waals surface area contributed by atoms with Gasteiger partial charge in [-0.15, -0.1) is 0 Å². The van der Waals surface area contributed by atoms with Crippen LogP contribution < -0.4 is 10.5 Å². The van der Waals surface area contributed by atoms with E-state index in [1.807, 2.05) is 18.2 Å². The lowest BCUT2D eigenvalue weighted by molar-refractivity contribution is -0.143. The van der Waals surface area contributed by atoms with E-state index in [2.05, 4.69) is 24.8 Å². The maximum Gasteiger partial charge on any atom is 0.248 e. The average molecular weight is 306 g/mol. The maximum atomic E-state index is 11.7. The smallest absolute Gasteiger partial charge is 0.248 e. The zero-order chi connectivity index (χ0) is 16.1. The van der Waals surface area contributed by atoms with E-state index in [1.165, 1.54) is 5.56 Å². The maximum absolute atomic E-state index is 11.7. The molecule has 1 aromatic rings. The van der Waals surface area contributed by atoms with Crippen LogP contribution in [-0.4, -0.2) is 43.2 Å². The second-order valence-corrected chi connectivity index (χ2v) is 6.21. The highest BCUT2D eigenvalue weighted by Crippen LogP contribution is 2.24. The van der Waals surface area contributed by atoms with E-state index in [1.54, 1.807) is 7.11 Å². The Morgan fingerprint density at radius 2 is 2.27 bits per heavy atom. The number of primary amides is 1. The van der Waals surface area contributed by atoms with E-state index in [9.17, 15) is 4.79 Å². The van der Waals surface area contributed by atoms with Crippen LogP contribution >= 0.6 is 0 Å². The summed E-state index contributed by atoms with van der Waals surface area (Å²) in [6.07, 6.45) is 0.360. The van der Waals surface area contributed by atoms with E-state index >= 15 is 0 Å². The van der Waals surface area contributed by atoms with Crippen molar-refractivity contribution in [1.29, 1.82) is 0 Å². The Bertz CT molecular complexity index is 504. The van der Waals surface area contributed by atoms with Crippen LogP contribution in [0.4, 0.5) is 0 Å². The standard InChI is InChI=1S/C17H26N2O3/c1-12(2)9-15-16(17(18)20)22-8-7-19(15)11-13-5-4-6-14(10-13)21-3/h4-6,10,12,15-16H,7-9,11H2,1-3H3,(H2,18,20). The van der Waals surface area contributed by atoms with Gasteiger partial charge in [-0.25, -0.2) is 0 Å². The quantitative estimate of drug-likeness (QED) is 0.870. The van der Waals surface area contributed by atoms with Gasteiger partial charge in [-0.05, 0) is 30.0 Å². The van der Waals surface area contributed by atoms with Gasteiger partial charge >= 0.3 is 0 Å². The SMILES string of the molecule is COc1cccc(CN2CCOC(C(N)=O)C2CC(C)C)c1. The van der Waals surface area contributed by atoms with Crippen molar-refractivity contribution in [1.82, 2.24) is 4.90 Å². The van der Waals surface area contributed by atoms with Crippen molar-refractivity contribution in [3.05, 3.63) is 29.8 Å². The van der Waals surface area contributed by atoms with E-state index in [4.69, 9.17) is 15.2 Å². The molecule has 0 aromatic heterocycles. The summed E-state index contributed by atoms with van der Waals surface area (Å²) in [5, 5.41) is 0. The molecule has 5 heteroatoms. The lowest BCUT2D eigenvalue weighted by Crippen LogP contribution is -2.56. The first kappa shape index (κ1) is 16.8. The summed E-state index contributed by atoms with van der Waals surface area (Å²) in [5.41, 5.74) is 6.69. The van der Waals surface area contributed by atoms with Crippen molar-refractivity contribution >= 4 is 5.91 Å². The van der Waals surface area contributed by atoms with Gasteiger partial charge in [0.25, 0.3) is 0 Å². The van der Waals surface area contributed by atoms with Crippen LogP contribution in [0.1, 0.15) is 25.8 Å². The molecule has 0 aliphatic carbocycles. The van der Waals surface area contributed by atoms with Gasteiger partial charge in [0.05, 0.1) is 13.7 Å². The Kier molecular flexibility index (Phi) is 5.80. The van der Waals surface area contributed by atoms with Gasteiger partial charge in [-0.2, -0.15) is 0 Å². The summed E-state index contributed by atoms with van der Waals surface area (Å²) in [4.78, 5) is 14.0. The van der Waals surface area contributed by atoms with Crippen LogP contribution in [0.3, 0.4) is 0 Å². The van der Waals surface area contributed by atoms with Gasteiger partial charge in [0.2, 0.25) is 5.91 Å². The van der Waals surface area contributed by atoms with Crippen LogP contribution in [0.2, 0.25) is 0 Å². The molecule has 2 atom stereocenters. The van der Waals surface area contributed by atoms with Crippen molar-refractivity contribution < 1.29 is 14.3 Å². The minimum absolute atomic E-state index is 0.0254. The fourth-order valence-electron chi connectivity index (χ4n) is 2.99. The largest absolute Gasteiger partial charge is 0.497 e. The predicted octanol–water partition coefficient (Wildman–Crippen LogP) is 1.80. The monoisotopic (exact) mass is 306 g/mol. The van der Waals surface area contributed by atoms with E-state index in [0.29, 0.717) is 12.5 Å². The zero-order valence-electron chi connectivity index (χ0n) is 13.6. The fraction of sp³-hybridized carbons (Fsp3) is 0.588. The Labute approximate surface area is 132 Å². The highest BCUT2D eigenvalue weighted by molar-refractivity contribution is 5.79. The molecular weight excluding hydrogens is 280 g/mol. The molecule has 5 nitrogen and oxygen atoms in total. The first-order valence-electron chi connectivity index (χ1n) is 7.79. The van der Waals surface area contributed by atoms with Gasteiger partial charge in [-0.1, -0.05) is 26.0 Å². The topological polar surface area (TPSA) is 64.8 Å². The van der Waals surface area contributed by atoms with Crippen molar-refractivity contribution in [2.45, 2.75) is 39.0 Å². The molecule has 0 radical (unpaired) electrons. The summed E-state index contributed by atoms with van der Waals surface area (Å²) < 4.78 is 10.9. The molecule has 1 heterocycles. The van der Waals surface area contributed by atoms with Gasteiger partial charge < -0.3 is 15.2 Å². The number of rotatable bonds is 6. The molecule has 2 rings (SSSR count). The molecule has 0 spiro atoms. The number of morpholine rings is 1. The second kappa shape index (κ2) is 7.61. The minimum atomic E-state index is -0.526. The Morgan fingerprint density at radius 3 is 2.91 bits per heavy atom. The molecule has 1 saturated heterocycles. The minimum Gasteiger partial charge on any atom is -0.497 e. The number of nitrogens with two attached hydrogens (primary N) is 1. The lowest BCUT2D eigenvalue weighted by Gasteiger charge is -2.40. The number of nitrogens with zero attached hydrogens (tertiary/aromatic N) is 1. The van der Waals surface area contributed by atoms with E-state index < -0.39 is 6.10 Å². The first-order chi connectivity index (χ1) is 10.5. The molecule has 1 aliphatic rings. The summed E-state index contributed by atoms with van der Waals surface area (Å²) >= 11 is 0. The zero-order valence-corrected chi connectivity index (χ0v) is 13.6. The molecule has 1 aliphatic heterocycles. The molecule has 0 bridgehead atoms. The van der Waals surface area contributed by atoms with Crippen molar-refractivity contribution in [3.8, 4) is 5.75 Å². The molecule has 0 saturated carbocycles. The van der Waals surface area contributed by atoms with E-state index in [-0.39, 0.29) is 11.9 Å². The van der Waals surface area contributed by atoms with Crippen molar-refractivity contribution in [3.63, 3.8) is 0 Å². The highest BCUT2D eigenvalue weighted by Gasteiger charge is 2.36. The third-order valence-electron chi connectivity index (χ3n) is 4.01. The molecule has 22 heavy (non-hydrogen) atoms. The Hall–Kier alpha value is -1.59. The third kappa shape index (κ3) is 4.21. The molecule has 1 fully saturated rings. The normalized spacial score (nSPS) is 22.7. The molecule has 1 amide bonds. The molecule has 122 valence electrons. The summed E-state index contributed by atoms with van der Waals surface area (Å²) in [7, 11) is 1.67.